The SMILES string of the molecule is CCc1cc(Nc2nccn3c(-c4ccc(OCC(=O)O)c(F)c4F)cnc23)ccc1C(=O)N(CC)OCCN. The molecule has 0 spiro atoms. The third kappa shape index (κ3) is 5.84. The summed E-state index contributed by atoms with van der Waals surface area (Å²) in [6.07, 6.45) is 4.98. The number of aliphatic carboxylic acids is 1. The second-order valence-electron chi connectivity index (χ2n) is 8.51. The van der Waals surface area contributed by atoms with E-state index in [1.165, 1.54) is 27.9 Å². The highest BCUT2D eigenvalue weighted by atomic mass is 19.2. The number of halogens is 2. The number of rotatable bonds is 12. The smallest absolute Gasteiger partial charge is 0.341 e. The lowest BCUT2D eigenvalue weighted by Gasteiger charge is -2.21. The summed E-state index contributed by atoms with van der Waals surface area (Å²) < 4.78 is 35.9. The number of imidazole rings is 1. The van der Waals surface area contributed by atoms with E-state index in [0.717, 1.165) is 11.6 Å². The summed E-state index contributed by atoms with van der Waals surface area (Å²) in [5.74, 6) is -4.27. The Balaban J connectivity index is 1.63. The normalized spacial score (nSPS) is 11.0. The van der Waals surface area contributed by atoms with Crippen LogP contribution in [-0.4, -0.2) is 62.7 Å². The fourth-order valence-electron chi connectivity index (χ4n) is 4.09. The van der Waals surface area contributed by atoms with Gasteiger partial charge in [-0.2, -0.15) is 4.39 Å². The number of anilines is 2. The molecule has 11 nitrogen and oxygen atoms in total. The van der Waals surface area contributed by atoms with Gasteiger partial charge in [0.1, 0.15) is 0 Å². The first-order valence-corrected chi connectivity index (χ1v) is 12.5. The summed E-state index contributed by atoms with van der Waals surface area (Å²) in [6, 6.07) is 7.69. The van der Waals surface area contributed by atoms with Gasteiger partial charge in [-0.25, -0.2) is 24.2 Å². The first-order chi connectivity index (χ1) is 19.3. The number of carboxylic acids is 1. The lowest BCUT2D eigenvalue weighted by atomic mass is 10.0. The molecule has 13 heteroatoms. The predicted molar refractivity (Wildman–Crippen MR) is 142 cm³/mol. The van der Waals surface area contributed by atoms with Crippen LogP contribution < -0.4 is 15.8 Å². The number of carbonyl (C=O) groups is 2. The largest absolute Gasteiger partial charge is 0.479 e. The lowest BCUT2D eigenvalue weighted by Crippen LogP contribution is -2.33. The van der Waals surface area contributed by atoms with Crippen LogP contribution in [0.4, 0.5) is 20.3 Å². The second-order valence-corrected chi connectivity index (χ2v) is 8.51. The minimum atomic E-state index is -1.31. The zero-order valence-electron chi connectivity index (χ0n) is 21.9. The van der Waals surface area contributed by atoms with Gasteiger partial charge in [0.25, 0.3) is 5.91 Å². The van der Waals surface area contributed by atoms with Crippen LogP contribution in [0.3, 0.4) is 0 Å². The van der Waals surface area contributed by atoms with E-state index in [4.69, 9.17) is 20.4 Å². The maximum atomic E-state index is 14.9. The molecule has 1 amide bonds. The van der Waals surface area contributed by atoms with Gasteiger partial charge in [-0.05, 0) is 49.2 Å². The lowest BCUT2D eigenvalue weighted by molar-refractivity contribution is -0.139. The molecule has 0 saturated carbocycles. The number of ether oxygens (including phenoxy) is 1. The van der Waals surface area contributed by atoms with Crippen molar-refractivity contribution in [1.82, 2.24) is 19.4 Å². The van der Waals surface area contributed by atoms with Gasteiger partial charge in [0.05, 0.1) is 18.5 Å². The van der Waals surface area contributed by atoms with E-state index >= 15 is 0 Å². The van der Waals surface area contributed by atoms with Crippen molar-refractivity contribution >= 4 is 29.0 Å². The Morgan fingerprint density at radius 3 is 2.65 bits per heavy atom. The molecular formula is C27H28F2N6O5. The van der Waals surface area contributed by atoms with Crippen molar-refractivity contribution in [2.24, 2.45) is 5.73 Å². The van der Waals surface area contributed by atoms with Crippen LogP contribution in [-0.2, 0) is 16.1 Å². The van der Waals surface area contributed by atoms with Gasteiger partial charge in [0.2, 0.25) is 5.82 Å². The molecule has 40 heavy (non-hydrogen) atoms. The van der Waals surface area contributed by atoms with Crippen LogP contribution in [0.25, 0.3) is 16.9 Å². The third-order valence-electron chi connectivity index (χ3n) is 5.96. The topological polar surface area (TPSA) is 144 Å². The summed E-state index contributed by atoms with van der Waals surface area (Å²) in [5.41, 5.74) is 7.90. The maximum Gasteiger partial charge on any atom is 0.341 e. The van der Waals surface area contributed by atoms with Crippen molar-refractivity contribution in [1.29, 1.82) is 0 Å². The Bertz CT molecular complexity index is 1540. The second kappa shape index (κ2) is 12.5. The van der Waals surface area contributed by atoms with Crippen molar-refractivity contribution in [3.8, 4) is 17.0 Å². The van der Waals surface area contributed by atoms with E-state index < -0.39 is 30.0 Å². The molecule has 4 N–H and O–H groups in total. The number of hydroxylamine groups is 2. The fourth-order valence-corrected chi connectivity index (χ4v) is 4.09. The van der Waals surface area contributed by atoms with Crippen molar-refractivity contribution in [2.45, 2.75) is 20.3 Å². The fraction of sp³-hybridized carbons (Fsp3) is 0.259. The molecule has 0 saturated heterocycles. The molecule has 0 aliphatic heterocycles. The number of hydrogen-bond acceptors (Lipinski definition) is 8. The van der Waals surface area contributed by atoms with Gasteiger partial charge >= 0.3 is 5.97 Å². The highest BCUT2D eigenvalue weighted by Crippen LogP contribution is 2.32. The molecule has 4 rings (SSSR count). The number of nitrogens with one attached hydrogen (secondary N) is 1. The van der Waals surface area contributed by atoms with Crippen molar-refractivity contribution in [2.75, 3.05) is 31.6 Å². The summed E-state index contributed by atoms with van der Waals surface area (Å²) in [6.45, 7) is 3.80. The Morgan fingerprint density at radius 2 is 1.95 bits per heavy atom. The minimum absolute atomic E-state index is 0.0988. The molecule has 2 heterocycles. The summed E-state index contributed by atoms with van der Waals surface area (Å²) in [5, 5.41) is 13.2. The monoisotopic (exact) mass is 554 g/mol. The highest BCUT2D eigenvalue weighted by molar-refractivity contribution is 5.95. The number of nitrogens with two attached hydrogens (primary N) is 1. The van der Waals surface area contributed by atoms with Crippen LogP contribution in [0, 0.1) is 11.6 Å². The Kier molecular flexibility index (Phi) is 8.86. The van der Waals surface area contributed by atoms with Crippen LogP contribution in [0.2, 0.25) is 0 Å². The molecule has 0 aliphatic rings. The van der Waals surface area contributed by atoms with E-state index in [1.807, 2.05) is 19.9 Å². The molecule has 2 aromatic carbocycles. The van der Waals surface area contributed by atoms with E-state index in [9.17, 15) is 18.4 Å². The number of aromatic nitrogens is 3. The average Bonchev–Trinajstić information content (AvgIpc) is 3.39. The Hall–Kier alpha value is -4.62. The van der Waals surface area contributed by atoms with Crippen molar-refractivity contribution in [3.63, 3.8) is 0 Å². The molecule has 0 radical (unpaired) electrons. The van der Waals surface area contributed by atoms with Gasteiger partial charge in [-0.3, -0.25) is 14.0 Å². The summed E-state index contributed by atoms with van der Waals surface area (Å²) >= 11 is 0. The molecule has 0 atom stereocenters. The Morgan fingerprint density at radius 1 is 1.15 bits per heavy atom. The van der Waals surface area contributed by atoms with E-state index in [-0.39, 0.29) is 30.3 Å². The minimum Gasteiger partial charge on any atom is -0.479 e. The molecule has 210 valence electrons. The van der Waals surface area contributed by atoms with E-state index in [0.29, 0.717) is 35.7 Å². The van der Waals surface area contributed by atoms with Gasteiger partial charge in [-0.1, -0.05) is 6.92 Å². The number of nitrogens with zero attached hydrogens (tertiary/aromatic N) is 4. The zero-order valence-corrected chi connectivity index (χ0v) is 21.9. The van der Waals surface area contributed by atoms with Crippen molar-refractivity contribution < 1.29 is 33.1 Å². The molecule has 2 aromatic heterocycles. The molecular weight excluding hydrogens is 526 g/mol. The molecule has 0 fully saturated rings. The van der Waals surface area contributed by atoms with Crippen LogP contribution in [0.1, 0.15) is 29.8 Å². The zero-order chi connectivity index (χ0) is 28.8. The number of hydrogen-bond donors (Lipinski definition) is 3. The number of carbonyl (C=O) groups excluding carboxylic acids is 1. The summed E-state index contributed by atoms with van der Waals surface area (Å²) in [4.78, 5) is 37.9. The quantitative estimate of drug-likeness (QED) is 0.223. The standard InChI is InChI=1S/C27H28F2N6O5/c1-3-16-13-17(5-6-18(16)27(38)35(4-2)40-12-9-30)33-25-26-32-14-20(34(26)11-10-31-25)19-7-8-21(24(29)23(19)28)39-15-22(36)37/h5-8,10-11,13-14H,3-4,9,12,15,30H2,1-2H3,(H,31,33)(H,36,37). The van der Waals surface area contributed by atoms with Gasteiger partial charge < -0.3 is 20.9 Å². The third-order valence-corrected chi connectivity index (χ3v) is 5.96. The van der Waals surface area contributed by atoms with Gasteiger partial charge in [-0.15, -0.1) is 0 Å². The highest BCUT2D eigenvalue weighted by Gasteiger charge is 2.21. The van der Waals surface area contributed by atoms with E-state index in [2.05, 4.69) is 15.3 Å². The number of fused-ring (bicyclic) bond motifs is 1. The van der Waals surface area contributed by atoms with Crippen LogP contribution in [0.15, 0.2) is 48.9 Å². The number of carboxylic acid groups (broad SMARTS) is 1. The van der Waals surface area contributed by atoms with Gasteiger partial charge in [0.15, 0.2) is 29.6 Å². The van der Waals surface area contributed by atoms with Gasteiger partial charge in [0, 0.05) is 42.3 Å². The molecule has 0 bridgehead atoms. The first kappa shape index (κ1) is 28.4. The molecule has 4 aromatic rings. The van der Waals surface area contributed by atoms with E-state index in [1.54, 1.807) is 18.3 Å². The van der Waals surface area contributed by atoms with Crippen molar-refractivity contribution in [3.05, 3.63) is 71.7 Å². The average molecular weight is 555 g/mol. The predicted octanol–water partition coefficient (Wildman–Crippen LogP) is 3.80. The number of benzene rings is 2. The number of amides is 1. The van der Waals surface area contributed by atoms with Crippen LogP contribution in [0.5, 0.6) is 5.75 Å². The summed E-state index contributed by atoms with van der Waals surface area (Å²) in [7, 11) is 0. The molecule has 0 aliphatic carbocycles. The number of aryl methyl sites for hydroxylation is 1. The van der Waals surface area contributed by atoms with Crippen LogP contribution >= 0.6 is 0 Å². The Labute approximate surface area is 228 Å². The molecule has 0 unspecified atom stereocenters. The first-order valence-electron chi connectivity index (χ1n) is 12.5. The maximum absolute atomic E-state index is 14.9.